The van der Waals surface area contributed by atoms with Crippen molar-refractivity contribution in [2.45, 2.75) is 0 Å². The molecule has 11 heavy (non-hydrogen) atoms. The van der Waals surface area contributed by atoms with E-state index in [-0.39, 0.29) is 11.5 Å². The first-order valence-electron chi connectivity index (χ1n) is 3.30. The number of rotatable bonds is 6. The minimum Gasteiger partial charge on any atom is -0.384 e. The van der Waals surface area contributed by atoms with Gasteiger partial charge in [-0.2, -0.15) is 11.8 Å². The summed E-state index contributed by atoms with van der Waals surface area (Å²) in [5.74, 6) is 1.08. The summed E-state index contributed by atoms with van der Waals surface area (Å²) in [5, 5.41) is 0. The maximum Gasteiger partial charge on any atom is 0.153 e. The summed E-state index contributed by atoms with van der Waals surface area (Å²) >= 11 is 1.54. The Bertz CT molecular complexity index is 160. The molecule has 3 nitrogen and oxygen atoms in total. The largest absolute Gasteiger partial charge is 0.384 e. The van der Waals surface area contributed by atoms with E-state index in [1.807, 2.05) is 6.26 Å². The fourth-order valence-electron chi connectivity index (χ4n) is 0.523. The van der Waals surface area contributed by atoms with Crippen LogP contribution >= 0.6 is 11.8 Å². The van der Waals surface area contributed by atoms with Crippen molar-refractivity contribution >= 4 is 21.6 Å². The molecule has 0 aliphatic carbocycles. The van der Waals surface area contributed by atoms with Crippen LogP contribution in [0.4, 0.5) is 0 Å². The molecule has 0 spiro atoms. The van der Waals surface area contributed by atoms with E-state index in [0.717, 1.165) is 0 Å². The molecule has 0 aliphatic rings. The third kappa shape index (κ3) is 6.65. The molecule has 0 aliphatic heterocycles. The van der Waals surface area contributed by atoms with Crippen molar-refractivity contribution in [3.05, 3.63) is 0 Å². The van der Waals surface area contributed by atoms with E-state index >= 15 is 0 Å². The van der Waals surface area contributed by atoms with Crippen LogP contribution in [0.1, 0.15) is 0 Å². The molecule has 0 rings (SSSR count). The SMILES string of the molecule is COCCS(=O)(=O)CCSC. The molecule has 0 amide bonds. The second-order valence-electron chi connectivity index (χ2n) is 2.14. The molecule has 0 saturated carbocycles. The standard InChI is InChI=1S/C6H14O3S2/c1-9-3-5-11(7,8)6-4-10-2/h3-6H2,1-2H3. The quantitative estimate of drug-likeness (QED) is 0.620. The molecular formula is C6H14O3S2. The number of thioether (sulfide) groups is 1. The maximum atomic E-state index is 11.1. The fraction of sp³-hybridized carbons (Fsp3) is 1.00. The van der Waals surface area contributed by atoms with Crippen LogP contribution in [0, 0.1) is 0 Å². The maximum absolute atomic E-state index is 11.1. The lowest BCUT2D eigenvalue weighted by atomic mass is 10.9. The predicted molar refractivity (Wildman–Crippen MR) is 48.9 cm³/mol. The Kier molecular flexibility index (Phi) is 5.99. The van der Waals surface area contributed by atoms with Gasteiger partial charge in [0.15, 0.2) is 9.84 Å². The van der Waals surface area contributed by atoms with Crippen molar-refractivity contribution in [3.63, 3.8) is 0 Å². The number of hydrogen-bond donors (Lipinski definition) is 0. The Balaban J connectivity index is 3.63. The number of hydrogen-bond acceptors (Lipinski definition) is 4. The Hall–Kier alpha value is 0.260. The first kappa shape index (κ1) is 11.3. The summed E-state index contributed by atoms with van der Waals surface area (Å²) in [6.07, 6.45) is 1.89. The molecular weight excluding hydrogens is 184 g/mol. The molecule has 0 aromatic heterocycles. The van der Waals surface area contributed by atoms with E-state index in [2.05, 4.69) is 4.74 Å². The highest BCUT2D eigenvalue weighted by Gasteiger charge is 2.08. The summed E-state index contributed by atoms with van der Waals surface area (Å²) in [5.41, 5.74) is 0. The molecule has 0 heterocycles. The minimum atomic E-state index is -2.85. The zero-order chi connectivity index (χ0) is 8.74. The summed E-state index contributed by atoms with van der Waals surface area (Å²) in [7, 11) is -1.35. The fourth-order valence-corrected chi connectivity index (χ4v) is 2.83. The van der Waals surface area contributed by atoms with E-state index in [1.165, 1.54) is 7.11 Å². The third-order valence-electron chi connectivity index (χ3n) is 1.20. The van der Waals surface area contributed by atoms with Gasteiger partial charge in [0.25, 0.3) is 0 Å². The van der Waals surface area contributed by atoms with Crippen LogP contribution in [0.5, 0.6) is 0 Å². The average molecular weight is 198 g/mol. The predicted octanol–water partition coefficient (Wildman–Crippen LogP) is 0.411. The smallest absolute Gasteiger partial charge is 0.153 e. The normalized spacial score (nSPS) is 11.8. The molecule has 0 atom stereocenters. The summed E-state index contributed by atoms with van der Waals surface area (Å²) in [4.78, 5) is 0. The average Bonchev–Trinajstić information content (AvgIpc) is 1.97. The molecule has 0 aromatic carbocycles. The molecule has 0 N–H and O–H groups in total. The van der Waals surface area contributed by atoms with E-state index < -0.39 is 9.84 Å². The van der Waals surface area contributed by atoms with Gasteiger partial charge in [0.05, 0.1) is 18.1 Å². The topological polar surface area (TPSA) is 43.4 Å². The van der Waals surface area contributed by atoms with Crippen LogP contribution < -0.4 is 0 Å². The second-order valence-corrected chi connectivity index (χ2v) is 5.43. The lowest BCUT2D eigenvalue weighted by Crippen LogP contribution is -2.16. The zero-order valence-electron chi connectivity index (χ0n) is 6.87. The van der Waals surface area contributed by atoms with E-state index in [4.69, 9.17) is 0 Å². The molecule has 68 valence electrons. The van der Waals surface area contributed by atoms with Gasteiger partial charge in [-0.15, -0.1) is 0 Å². The van der Waals surface area contributed by atoms with Gasteiger partial charge in [-0.3, -0.25) is 0 Å². The first-order valence-corrected chi connectivity index (χ1v) is 6.52. The monoisotopic (exact) mass is 198 g/mol. The van der Waals surface area contributed by atoms with Crippen LogP contribution in [0.2, 0.25) is 0 Å². The lowest BCUT2D eigenvalue weighted by Gasteiger charge is -2.00. The third-order valence-corrected chi connectivity index (χ3v) is 3.68. The molecule has 0 saturated heterocycles. The van der Waals surface area contributed by atoms with E-state index in [1.54, 1.807) is 11.8 Å². The van der Waals surface area contributed by atoms with E-state index in [0.29, 0.717) is 12.4 Å². The Morgan fingerprint density at radius 2 is 2.00 bits per heavy atom. The van der Waals surface area contributed by atoms with Gasteiger partial charge in [-0.1, -0.05) is 0 Å². The summed E-state index contributed by atoms with van der Waals surface area (Å²) < 4.78 is 26.8. The van der Waals surface area contributed by atoms with Gasteiger partial charge in [0.1, 0.15) is 0 Å². The molecule has 0 fully saturated rings. The van der Waals surface area contributed by atoms with Gasteiger partial charge in [0, 0.05) is 12.9 Å². The highest BCUT2D eigenvalue weighted by atomic mass is 32.2. The Morgan fingerprint density at radius 1 is 1.36 bits per heavy atom. The highest BCUT2D eigenvalue weighted by Crippen LogP contribution is 1.97. The lowest BCUT2D eigenvalue weighted by molar-refractivity contribution is 0.217. The Labute approximate surface area is 72.4 Å². The van der Waals surface area contributed by atoms with Gasteiger partial charge < -0.3 is 4.74 Å². The molecule has 0 bridgehead atoms. The van der Waals surface area contributed by atoms with Crippen LogP contribution in [-0.2, 0) is 14.6 Å². The van der Waals surface area contributed by atoms with Crippen LogP contribution in [-0.4, -0.2) is 45.6 Å². The van der Waals surface area contributed by atoms with Crippen molar-refractivity contribution in [3.8, 4) is 0 Å². The van der Waals surface area contributed by atoms with Crippen LogP contribution in [0.15, 0.2) is 0 Å². The summed E-state index contributed by atoms with van der Waals surface area (Å²) in [6.45, 7) is 0.302. The number of methoxy groups -OCH3 is 1. The molecule has 0 unspecified atom stereocenters. The van der Waals surface area contributed by atoms with Crippen molar-refractivity contribution in [1.82, 2.24) is 0 Å². The van der Waals surface area contributed by atoms with Gasteiger partial charge in [-0.05, 0) is 6.26 Å². The van der Waals surface area contributed by atoms with E-state index in [9.17, 15) is 8.42 Å². The minimum absolute atomic E-state index is 0.143. The summed E-state index contributed by atoms with van der Waals surface area (Å²) in [6, 6.07) is 0. The molecule has 0 aromatic rings. The van der Waals surface area contributed by atoms with Gasteiger partial charge >= 0.3 is 0 Å². The van der Waals surface area contributed by atoms with Crippen molar-refractivity contribution < 1.29 is 13.2 Å². The van der Waals surface area contributed by atoms with Gasteiger partial charge in [0.2, 0.25) is 0 Å². The molecule has 5 heteroatoms. The van der Waals surface area contributed by atoms with Crippen molar-refractivity contribution in [2.24, 2.45) is 0 Å². The number of sulfone groups is 1. The van der Waals surface area contributed by atoms with Crippen molar-refractivity contribution in [2.75, 3.05) is 37.2 Å². The van der Waals surface area contributed by atoms with Gasteiger partial charge in [-0.25, -0.2) is 8.42 Å². The zero-order valence-corrected chi connectivity index (χ0v) is 8.50. The van der Waals surface area contributed by atoms with Crippen molar-refractivity contribution in [1.29, 1.82) is 0 Å². The Morgan fingerprint density at radius 3 is 2.45 bits per heavy atom. The first-order chi connectivity index (χ1) is 5.12. The number of ether oxygens (including phenoxy) is 1. The van der Waals surface area contributed by atoms with Crippen LogP contribution in [0.3, 0.4) is 0 Å². The highest BCUT2D eigenvalue weighted by molar-refractivity contribution is 8.00. The van der Waals surface area contributed by atoms with Crippen LogP contribution in [0.25, 0.3) is 0 Å². The second kappa shape index (κ2) is 5.85. The molecule has 0 radical (unpaired) electrons.